The molecule has 0 aliphatic heterocycles. The lowest BCUT2D eigenvalue weighted by molar-refractivity contribution is 0.0611. The summed E-state index contributed by atoms with van der Waals surface area (Å²) in [6, 6.07) is 0.341. The topological polar surface area (TPSA) is 39.1 Å². The fourth-order valence-electron chi connectivity index (χ4n) is 1.60. The fourth-order valence-corrected chi connectivity index (χ4v) is 1.60. The van der Waals surface area contributed by atoms with E-state index >= 15 is 0 Å². The lowest BCUT2D eigenvalue weighted by atomic mass is 10.2. The highest BCUT2D eigenvalue weighted by molar-refractivity contribution is 4.94. The molecule has 0 bridgehead atoms. The van der Waals surface area contributed by atoms with E-state index in [0.29, 0.717) is 6.04 Å². The molecule has 0 saturated heterocycles. The van der Waals surface area contributed by atoms with Crippen molar-refractivity contribution in [2.45, 2.75) is 39.3 Å². The van der Waals surface area contributed by atoms with Gasteiger partial charge in [-0.1, -0.05) is 6.92 Å². The molecule has 0 aliphatic rings. The number of nitrogens with one attached hydrogen (secondary N) is 1. The second-order valence-electron chi connectivity index (χ2n) is 4.30. The Hall–Kier alpha value is -0.870. The Morgan fingerprint density at radius 2 is 2.25 bits per heavy atom. The number of likely N-dealkylation sites (N-methyl/N-ethyl adjacent to an activating group) is 1. The van der Waals surface area contributed by atoms with Crippen LogP contribution in [0.3, 0.4) is 0 Å². The van der Waals surface area contributed by atoms with Gasteiger partial charge in [0.25, 0.3) is 0 Å². The lowest BCUT2D eigenvalue weighted by Crippen LogP contribution is -2.36. The molecule has 0 spiro atoms. The number of rotatable bonds is 7. The Balaban J connectivity index is 2.47. The van der Waals surface area contributed by atoms with Crippen LogP contribution in [0.15, 0.2) is 12.4 Å². The Kier molecular flexibility index (Phi) is 5.49. The molecule has 0 fully saturated rings. The van der Waals surface area contributed by atoms with Gasteiger partial charge in [-0.3, -0.25) is 0 Å². The van der Waals surface area contributed by atoms with Crippen LogP contribution in [0, 0.1) is 0 Å². The molecule has 1 aromatic rings. The van der Waals surface area contributed by atoms with Crippen molar-refractivity contribution in [3.63, 3.8) is 0 Å². The molecule has 1 atom stereocenters. The van der Waals surface area contributed by atoms with Crippen LogP contribution in [-0.4, -0.2) is 34.8 Å². The van der Waals surface area contributed by atoms with Crippen LogP contribution in [-0.2, 0) is 18.2 Å². The first-order chi connectivity index (χ1) is 7.63. The number of hydrogen-bond donors (Lipinski definition) is 1. The van der Waals surface area contributed by atoms with Crippen LogP contribution >= 0.6 is 0 Å². The van der Waals surface area contributed by atoms with E-state index in [2.05, 4.69) is 35.6 Å². The van der Waals surface area contributed by atoms with Gasteiger partial charge < -0.3 is 14.6 Å². The van der Waals surface area contributed by atoms with Gasteiger partial charge in [0.05, 0.1) is 12.7 Å². The van der Waals surface area contributed by atoms with Gasteiger partial charge in [0.15, 0.2) is 0 Å². The molecular formula is C12H23N3O. The maximum atomic E-state index is 5.65. The van der Waals surface area contributed by atoms with Crippen LogP contribution in [0.1, 0.15) is 26.6 Å². The third kappa shape index (κ3) is 4.33. The zero-order valence-electron chi connectivity index (χ0n) is 10.7. The van der Waals surface area contributed by atoms with Gasteiger partial charge in [-0.25, -0.2) is 4.98 Å². The van der Waals surface area contributed by atoms with Gasteiger partial charge in [-0.05, 0) is 20.4 Å². The Morgan fingerprint density at radius 1 is 1.50 bits per heavy atom. The quantitative estimate of drug-likeness (QED) is 0.761. The predicted molar refractivity (Wildman–Crippen MR) is 65.5 cm³/mol. The van der Waals surface area contributed by atoms with E-state index in [1.165, 1.54) is 0 Å². The summed E-state index contributed by atoms with van der Waals surface area (Å²) in [6.45, 7) is 7.92. The van der Waals surface area contributed by atoms with Crippen LogP contribution in [0.25, 0.3) is 0 Å². The lowest BCUT2D eigenvalue weighted by Gasteiger charge is -2.19. The van der Waals surface area contributed by atoms with Crippen LogP contribution in [0.4, 0.5) is 0 Å². The second-order valence-corrected chi connectivity index (χ2v) is 4.30. The first-order valence-corrected chi connectivity index (χ1v) is 5.94. The smallest absolute Gasteiger partial charge is 0.110 e. The van der Waals surface area contributed by atoms with E-state index < -0.39 is 0 Å². The first kappa shape index (κ1) is 13.2. The van der Waals surface area contributed by atoms with E-state index in [9.17, 15) is 0 Å². The van der Waals surface area contributed by atoms with Crippen molar-refractivity contribution in [3.05, 3.63) is 18.2 Å². The highest BCUT2D eigenvalue weighted by Gasteiger charge is 2.12. The standard InChI is InChI=1S/C12H23N3O/c1-5-13-11(9-16-10(2)3)8-12-14-6-7-15(12)4/h6-7,10-11,13H,5,8-9H2,1-4H3. The van der Waals surface area contributed by atoms with Gasteiger partial charge in [0.1, 0.15) is 5.82 Å². The summed E-state index contributed by atoms with van der Waals surface area (Å²) in [4.78, 5) is 4.33. The summed E-state index contributed by atoms with van der Waals surface area (Å²) in [5.74, 6) is 1.10. The molecule has 92 valence electrons. The Labute approximate surface area is 98.0 Å². The second kappa shape index (κ2) is 6.66. The van der Waals surface area contributed by atoms with Crippen molar-refractivity contribution in [1.82, 2.24) is 14.9 Å². The molecular weight excluding hydrogens is 202 g/mol. The summed E-state index contributed by atoms with van der Waals surface area (Å²) in [7, 11) is 2.02. The van der Waals surface area contributed by atoms with E-state index in [1.54, 1.807) is 0 Å². The molecule has 0 saturated carbocycles. The van der Waals surface area contributed by atoms with Gasteiger partial charge in [0.2, 0.25) is 0 Å². The summed E-state index contributed by atoms with van der Waals surface area (Å²) < 4.78 is 7.70. The maximum Gasteiger partial charge on any atom is 0.110 e. The average Bonchev–Trinajstić information content (AvgIpc) is 2.61. The van der Waals surface area contributed by atoms with Crippen molar-refractivity contribution in [2.75, 3.05) is 13.2 Å². The number of imidazole rings is 1. The van der Waals surface area contributed by atoms with Gasteiger partial charge >= 0.3 is 0 Å². The van der Waals surface area contributed by atoms with Crippen molar-refractivity contribution >= 4 is 0 Å². The monoisotopic (exact) mass is 225 g/mol. The summed E-state index contributed by atoms with van der Waals surface area (Å²) >= 11 is 0. The zero-order valence-corrected chi connectivity index (χ0v) is 10.7. The number of nitrogens with zero attached hydrogens (tertiary/aromatic N) is 2. The van der Waals surface area contributed by atoms with Crippen LogP contribution in [0.5, 0.6) is 0 Å². The summed E-state index contributed by atoms with van der Waals surface area (Å²) in [5.41, 5.74) is 0. The minimum Gasteiger partial charge on any atom is -0.377 e. The molecule has 1 N–H and O–H groups in total. The van der Waals surface area contributed by atoms with Crippen molar-refractivity contribution in [3.8, 4) is 0 Å². The molecule has 1 rings (SSSR count). The average molecular weight is 225 g/mol. The maximum absolute atomic E-state index is 5.65. The summed E-state index contributed by atoms with van der Waals surface area (Å²) in [5, 5.41) is 3.43. The molecule has 4 heteroatoms. The van der Waals surface area contributed by atoms with Gasteiger partial charge in [0, 0.05) is 31.9 Å². The number of ether oxygens (including phenoxy) is 1. The van der Waals surface area contributed by atoms with Gasteiger partial charge in [-0.2, -0.15) is 0 Å². The molecule has 0 aromatic carbocycles. The molecule has 1 unspecified atom stereocenters. The normalized spacial score (nSPS) is 13.3. The van der Waals surface area contributed by atoms with Crippen molar-refractivity contribution in [1.29, 1.82) is 0 Å². The van der Waals surface area contributed by atoms with E-state index in [1.807, 2.05) is 19.4 Å². The first-order valence-electron chi connectivity index (χ1n) is 5.94. The fraction of sp³-hybridized carbons (Fsp3) is 0.750. The van der Waals surface area contributed by atoms with Crippen molar-refractivity contribution in [2.24, 2.45) is 7.05 Å². The zero-order chi connectivity index (χ0) is 12.0. The predicted octanol–water partition coefficient (Wildman–Crippen LogP) is 1.37. The third-order valence-electron chi connectivity index (χ3n) is 2.47. The molecule has 16 heavy (non-hydrogen) atoms. The summed E-state index contributed by atoms with van der Waals surface area (Å²) in [6.07, 6.45) is 5.00. The van der Waals surface area contributed by atoms with Gasteiger partial charge in [-0.15, -0.1) is 0 Å². The van der Waals surface area contributed by atoms with E-state index in [4.69, 9.17) is 4.74 Å². The number of hydrogen-bond acceptors (Lipinski definition) is 3. The highest BCUT2D eigenvalue weighted by Crippen LogP contribution is 2.02. The number of aryl methyl sites for hydroxylation is 1. The van der Waals surface area contributed by atoms with Crippen molar-refractivity contribution < 1.29 is 4.74 Å². The molecule has 0 aliphatic carbocycles. The molecule has 1 heterocycles. The van der Waals surface area contributed by atoms with Crippen LogP contribution < -0.4 is 5.32 Å². The third-order valence-corrected chi connectivity index (χ3v) is 2.47. The molecule has 4 nitrogen and oxygen atoms in total. The SMILES string of the molecule is CCNC(COC(C)C)Cc1nccn1C. The number of aromatic nitrogens is 2. The molecule has 0 amide bonds. The van der Waals surface area contributed by atoms with E-state index in [0.717, 1.165) is 25.4 Å². The largest absolute Gasteiger partial charge is 0.377 e. The van der Waals surface area contributed by atoms with Crippen LogP contribution in [0.2, 0.25) is 0 Å². The molecule has 1 aromatic heterocycles. The Bertz CT molecular complexity index is 296. The van der Waals surface area contributed by atoms with E-state index in [-0.39, 0.29) is 6.10 Å². The Morgan fingerprint density at radius 3 is 2.75 bits per heavy atom. The molecule has 0 radical (unpaired) electrons. The highest BCUT2D eigenvalue weighted by atomic mass is 16.5. The minimum absolute atomic E-state index is 0.280. The minimum atomic E-state index is 0.280.